The third-order valence-electron chi connectivity index (χ3n) is 9.34. The third kappa shape index (κ3) is 8.32. The highest BCUT2D eigenvalue weighted by Crippen LogP contribution is 2.34. The summed E-state index contributed by atoms with van der Waals surface area (Å²) < 4.78 is 66.7. The number of benzene rings is 6. The van der Waals surface area contributed by atoms with E-state index in [1.807, 2.05) is 26.0 Å². The summed E-state index contributed by atoms with van der Waals surface area (Å²) in [5.41, 5.74) is 0.779. The van der Waals surface area contributed by atoms with Crippen LogP contribution >= 0.6 is 0 Å². The normalized spacial score (nSPS) is 12.8. The molecule has 0 radical (unpaired) electrons. The molecule has 0 aliphatic rings. The number of ketones is 2. The highest BCUT2D eigenvalue weighted by Gasteiger charge is 2.28. The number of carbonyl (C=O) groups excluding carboxylic acids is 2. The summed E-state index contributed by atoms with van der Waals surface area (Å²) in [7, 11) is -3.86. The fraction of sp³-hybridized carbons (Fsp3) is 0.156. The molecule has 0 aliphatic heterocycles. The topological polar surface area (TPSA) is 86.7 Å². The Morgan fingerprint density at radius 2 is 0.889 bits per heavy atom. The first-order chi connectivity index (χ1) is 25.7. The maximum absolute atomic E-state index is 14.2. The van der Waals surface area contributed by atoms with E-state index in [1.54, 1.807) is 84.9 Å². The molecule has 0 aliphatic carbocycles. The predicted octanol–water partition coefficient (Wildman–Crippen LogP) is 10.8. The van der Waals surface area contributed by atoms with Crippen molar-refractivity contribution < 1.29 is 36.3 Å². The lowest BCUT2D eigenvalue weighted by Crippen LogP contribution is -2.28. The Morgan fingerprint density at radius 1 is 0.537 bits per heavy atom. The summed E-state index contributed by atoms with van der Waals surface area (Å²) in [6.45, 7) is 6.81. The van der Waals surface area contributed by atoms with Crippen LogP contribution in [0.3, 0.4) is 0 Å². The fourth-order valence-electron chi connectivity index (χ4n) is 5.84. The van der Waals surface area contributed by atoms with Crippen LogP contribution in [0.2, 0.25) is 0 Å². The SMILES string of the molecule is CCC(C)(Oc1ccc(S(=O)(=O)c2ccc(Oc3ccc(C(=O)c4ccc(C(C)(C)F)cc4)cc3)cc2)cc1)c1ccc(C(=O)c2ccc(F)cc2)cc1. The zero-order chi connectivity index (χ0) is 38.7. The Labute approximate surface area is 314 Å². The van der Waals surface area contributed by atoms with Gasteiger partial charge in [0.05, 0.1) is 9.79 Å². The van der Waals surface area contributed by atoms with E-state index in [0.717, 1.165) is 5.56 Å². The van der Waals surface area contributed by atoms with Crippen LogP contribution in [0, 0.1) is 5.82 Å². The van der Waals surface area contributed by atoms with Crippen LogP contribution in [-0.2, 0) is 21.1 Å². The van der Waals surface area contributed by atoms with Crippen molar-refractivity contribution in [1.82, 2.24) is 0 Å². The van der Waals surface area contributed by atoms with Crippen LogP contribution in [-0.4, -0.2) is 20.0 Å². The first-order valence-corrected chi connectivity index (χ1v) is 18.8. The van der Waals surface area contributed by atoms with Gasteiger partial charge in [0, 0.05) is 22.3 Å². The van der Waals surface area contributed by atoms with Gasteiger partial charge in [-0.15, -0.1) is 0 Å². The largest absolute Gasteiger partial charge is 0.483 e. The second-order valence-electron chi connectivity index (χ2n) is 13.6. The van der Waals surface area contributed by atoms with Crippen LogP contribution < -0.4 is 9.47 Å². The summed E-state index contributed by atoms with van der Waals surface area (Å²) in [4.78, 5) is 26.0. The van der Waals surface area contributed by atoms with Gasteiger partial charge in [-0.05, 0) is 135 Å². The molecule has 274 valence electrons. The third-order valence-corrected chi connectivity index (χ3v) is 11.1. The number of hydrogen-bond acceptors (Lipinski definition) is 6. The maximum Gasteiger partial charge on any atom is 0.206 e. The summed E-state index contributed by atoms with van der Waals surface area (Å²) in [5.74, 6) is 0.506. The Kier molecular flexibility index (Phi) is 10.6. The number of ether oxygens (including phenoxy) is 2. The smallest absolute Gasteiger partial charge is 0.206 e. The number of halogens is 2. The lowest BCUT2D eigenvalue weighted by atomic mass is 9.91. The van der Waals surface area contributed by atoms with E-state index in [9.17, 15) is 26.8 Å². The predicted molar refractivity (Wildman–Crippen MR) is 203 cm³/mol. The molecule has 0 amide bonds. The van der Waals surface area contributed by atoms with Crippen molar-refractivity contribution in [2.75, 3.05) is 0 Å². The van der Waals surface area contributed by atoms with Crippen LogP contribution in [0.5, 0.6) is 17.2 Å². The van der Waals surface area contributed by atoms with E-state index in [4.69, 9.17) is 9.47 Å². The molecule has 6 aromatic rings. The molecule has 0 aromatic heterocycles. The highest BCUT2D eigenvalue weighted by atomic mass is 32.2. The monoisotopic (exact) mass is 744 g/mol. The number of alkyl halides is 1. The van der Waals surface area contributed by atoms with Gasteiger partial charge in [-0.2, -0.15) is 0 Å². The molecule has 0 spiro atoms. The van der Waals surface area contributed by atoms with E-state index >= 15 is 0 Å². The zero-order valence-electron chi connectivity index (χ0n) is 30.2. The van der Waals surface area contributed by atoms with Gasteiger partial charge in [0.15, 0.2) is 11.6 Å². The van der Waals surface area contributed by atoms with Crippen LogP contribution in [0.15, 0.2) is 155 Å². The number of hydrogen-bond donors (Lipinski definition) is 0. The first-order valence-electron chi connectivity index (χ1n) is 17.3. The van der Waals surface area contributed by atoms with E-state index in [1.165, 1.54) is 62.4 Å². The number of sulfone groups is 1. The van der Waals surface area contributed by atoms with Crippen molar-refractivity contribution in [3.8, 4) is 17.2 Å². The van der Waals surface area contributed by atoms with Crippen molar-refractivity contribution in [3.05, 3.63) is 185 Å². The molecule has 6 rings (SSSR count). The average molecular weight is 745 g/mol. The molecule has 0 N–H and O–H groups in total. The Morgan fingerprint density at radius 3 is 1.30 bits per heavy atom. The molecule has 0 saturated heterocycles. The molecule has 0 bridgehead atoms. The lowest BCUT2D eigenvalue weighted by molar-refractivity contribution is 0.0824. The number of carbonyl (C=O) groups is 2. The molecular weight excluding hydrogens is 707 g/mol. The number of rotatable bonds is 13. The second kappa shape index (κ2) is 15.2. The Hall–Kier alpha value is -5.93. The molecular formula is C45H38F2O6S. The van der Waals surface area contributed by atoms with Crippen LogP contribution in [0.4, 0.5) is 8.78 Å². The second-order valence-corrected chi connectivity index (χ2v) is 15.5. The standard InChI is InChI=1S/C45H38F2O6S/c1-5-45(4,35-16-8-31(9-17-35)42(48)32-10-18-36(46)19-11-32)53-39-24-28-41(29-25-39)54(50,51)40-26-22-38(23-27-40)52-37-20-12-33(13-21-37)43(49)30-6-14-34(15-7-30)44(2,3)47/h6-29H,5H2,1-4H3. The van der Waals surface area contributed by atoms with Crippen molar-refractivity contribution in [2.24, 2.45) is 0 Å². The minimum Gasteiger partial charge on any atom is -0.483 e. The molecule has 54 heavy (non-hydrogen) atoms. The van der Waals surface area contributed by atoms with E-state index in [2.05, 4.69) is 0 Å². The first kappa shape index (κ1) is 37.8. The molecule has 1 unspecified atom stereocenters. The zero-order valence-corrected chi connectivity index (χ0v) is 31.0. The maximum atomic E-state index is 14.2. The lowest BCUT2D eigenvalue weighted by Gasteiger charge is -2.30. The minimum atomic E-state index is -3.86. The highest BCUT2D eigenvalue weighted by molar-refractivity contribution is 7.91. The van der Waals surface area contributed by atoms with Gasteiger partial charge in [-0.25, -0.2) is 17.2 Å². The van der Waals surface area contributed by atoms with Crippen molar-refractivity contribution in [2.45, 2.75) is 55.2 Å². The summed E-state index contributed by atoms with van der Waals surface area (Å²) in [6, 6.07) is 37.7. The van der Waals surface area contributed by atoms with Gasteiger partial charge in [-0.3, -0.25) is 9.59 Å². The molecule has 0 heterocycles. The summed E-state index contributed by atoms with van der Waals surface area (Å²) in [5, 5.41) is 0. The summed E-state index contributed by atoms with van der Waals surface area (Å²) in [6.07, 6.45) is 0.588. The van der Waals surface area contributed by atoms with Gasteiger partial charge < -0.3 is 9.47 Å². The molecule has 6 nitrogen and oxygen atoms in total. The molecule has 6 aromatic carbocycles. The van der Waals surface area contributed by atoms with Crippen LogP contribution in [0.25, 0.3) is 0 Å². The molecule has 0 saturated carbocycles. The van der Waals surface area contributed by atoms with Crippen molar-refractivity contribution in [1.29, 1.82) is 0 Å². The van der Waals surface area contributed by atoms with Gasteiger partial charge in [0.2, 0.25) is 9.84 Å². The van der Waals surface area contributed by atoms with E-state index < -0.39 is 26.9 Å². The Bertz CT molecular complexity index is 2370. The van der Waals surface area contributed by atoms with Crippen LogP contribution in [0.1, 0.15) is 77.1 Å². The van der Waals surface area contributed by atoms with Gasteiger partial charge in [0.25, 0.3) is 0 Å². The fourth-order valence-corrected chi connectivity index (χ4v) is 7.10. The van der Waals surface area contributed by atoms with Gasteiger partial charge in [-0.1, -0.05) is 55.5 Å². The van der Waals surface area contributed by atoms with Gasteiger partial charge in [0.1, 0.15) is 34.3 Å². The molecule has 1 atom stereocenters. The van der Waals surface area contributed by atoms with E-state index in [0.29, 0.717) is 51.5 Å². The van der Waals surface area contributed by atoms with Gasteiger partial charge >= 0.3 is 0 Å². The minimum absolute atomic E-state index is 0.0836. The molecule has 0 fully saturated rings. The average Bonchev–Trinajstić information content (AvgIpc) is 3.18. The van der Waals surface area contributed by atoms with Crippen molar-refractivity contribution >= 4 is 21.4 Å². The summed E-state index contributed by atoms with van der Waals surface area (Å²) >= 11 is 0. The van der Waals surface area contributed by atoms with E-state index in [-0.39, 0.29) is 21.4 Å². The van der Waals surface area contributed by atoms with Crippen molar-refractivity contribution in [3.63, 3.8) is 0 Å². The Balaban J connectivity index is 1.08. The molecule has 9 heteroatoms. The quantitative estimate of drug-likeness (QED) is 0.109.